The van der Waals surface area contributed by atoms with Crippen molar-refractivity contribution in [2.75, 3.05) is 13.1 Å². The Morgan fingerprint density at radius 3 is 2.00 bits per heavy atom. The zero-order chi connectivity index (χ0) is 23.9. The van der Waals surface area contributed by atoms with Crippen molar-refractivity contribution in [1.29, 1.82) is 0 Å². The molecule has 180 valence electrons. The number of imidazole rings is 2. The Balaban J connectivity index is 1.11. The molecule has 1 aromatic carbocycles. The van der Waals surface area contributed by atoms with Gasteiger partial charge in [0.1, 0.15) is 17.3 Å². The van der Waals surface area contributed by atoms with E-state index in [4.69, 9.17) is 4.98 Å². The van der Waals surface area contributed by atoms with Gasteiger partial charge in [0.05, 0.1) is 41.4 Å². The second kappa shape index (κ2) is 8.92. The highest BCUT2D eigenvalue weighted by molar-refractivity contribution is 5.84. The summed E-state index contributed by atoms with van der Waals surface area (Å²) in [6.45, 7) is 2.10. The number of hydrogen-bond acceptors (Lipinski definition) is 7. The highest BCUT2D eigenvalue weighted by Crippen LogP contribution is 2.28. The summed E-state index contributed by atoms with van der Waals surface area (Å²) in [5, 5.41) is 7.94. The maximum atomic E-state index is 4.77. The molecule has 0 aliphatic carbocycles. The standard InChI is InChI=1S/C27H27N9/c1-3-20(28-9-1)25-32-14-23(35-25)16-5-7-19-18(11-16)13-31-27(34-19)22-8-6-17(12-30-22)24-15-33-26(36-24)21-4-2-10-29-21/h5-8,11-15,20-21,28-29H,1-4,9-10H2,(H,32,35)(H,33,36). The fraction of sp³-hybridized carbons (Fsp3) is 0.296. The Hall–Kier alpha value is -3.95. The van der Waals surface area contributed by atoms with Gasteiger partial charge in [-0.2, -0.15) is 0 Å². The second-order valence-corrected chi connectivity index (χ2v) is 9.56. The summed E-state index contributed by atoms with van der Waals surface area (Å²) in [5.74, 6) is 2.61. The van der Waals surface area contributed by atoms with Crippen LogP contribution in [0.4, 0.5) is 0 Å². The van der Waals surface area contributed by atoms with Gasteiger partial charge >= 0.3 is 0 Å². The molecule has 0 spiro atoms. The van der Waals surface area contributed by atoms with Gasteiger partial charge in [0, 0.05) is 28.9 Å². The van der Waals surface area contributed by atoms with Crippen LogP contribution in [0, 0.1) is 0 Å². The molecule has 0 amide bonds. The van der Waals surface area contributed by atoms with Crippen LogP contribution in [0.15, 0.2) is 55.1 Å². The van der Waals surface area contributed by atoms with E-state index in [1.807, 2.05) is 43.0 Å². The van der Waals surface area contributed by atoms with Crippen molar-refractivity contribution >= 4 is 10.9 Å². The number of fused-ring (bicyclic) bond motifs is 1. The van der Waals surface area contributed by atoms with E-state index in [0.29, 0.717) is 17.9 Å². The summed E-state index contributed by atoms with van der Waals surface area (Å²) < 4.78 is 0. The van der Waals surface area contributed by atoms with E-state index in [9.17, 15) is 0 Å². The molecular formula is C27H27N9. The minimum atomic E-state index is 0.317. The lowest BCUT2D eigenvalue weighted by atomic mass is 10.1. The lowest BCUT2D eigenvalue weighted by molar-refractivity contribution is 0.613. The molecule has 9 heteroatoms. The topological polar surface area (TPSA) is 120 Å². The van der Waals surface area contributed by atoms with Crippen LogP contribution in [0.5, 0.6) is 0 Å². The fourth-order valence-electron chi connectivity index (χ4n) is 5.17. The minimum Gasteiger partial charge on any atom is -0.341 e. The van der Waals surface area contributed by atoms with Crippen molar-refractivity contribution < 1.29 is 0 Å². The Labute approximate surface area is 208 Å². The zero-order valence-corrected chi connectivity index (χ0v) is 19.8. The van der Waals surface area contributed by atoms with E-state index in [1.165, 1.54) is 12.8 Å². The van der Waals surface area contributed by atoms with Crippen LogP contribution >= 0.6 is 0 Å². The summed E-state index contributed by atoms with van der Waals surface area (Å²) in [4.78, 5) is 30.1. The lowest BCUT2D eigenvalue weighted by Crippen LogP contribution is -2.14. The molecule has 0 bridgehead atoms. The highest BCUT2D eigenvalue weighted by atomic mass is 15.0. The molecule has 36 heavy (non-hydrogen) atoms. The van der Waals surface area contributed by atoms with E-state index in [-0.39, 0.29) is 0 Å². The molecular weight excluding hydrogens is 450 g/mol. The number of rotatable bonds is 5. The van der Waals surface area contributed by atoms with Gasteiger partial charge in [0.15, 0.2) is 5.82 Å². The summed E-state index contributed by atoms with van der Waals surface area (Å²) in [6.07, 6.45) is 12.1. The van der Waals surface area contributed by atoms with Gasteiger partial charge in [0.2, 0.25) is 0 Å². The third-order valence-electron chi connectivity index (χ3n) is 7.17. The first-order chi connectivity index (χ1) is 17.8. The summed E-state index contributed by atoms with van der Waals surface area (Å²) in [7, 11) is 0. The van der Waals surface area contributed by atoms with Gasteiger partial charge < -0.3 is 20.6 Å². The monoisotopic (exact) mass is 477 g/mol. The summed E-state index contributed by atoms with van der Waals surface area (Å²) >= 11 is 0. The molecule has 2 aliphatic rings. The molecule has 7 rings (SSSR count). The molecule has 2 unspecified atom stereocenters. The predicted molar refractivity (Wildman–Crippen MR) is 138 cm³/mol. The highest BCUT2D eigenvalue weighted by Gasteiger charge is 2.20. The number of nitrogens with one attached hydrogen (secondary N) is 4. The van der Waals surface area contributed by atoms with Crippen LogP contribution in [-0.2, 0) is 0 Å². The third kappa shape index (κ3) is 3.96. The first-order valence-corrected chi connectivity index (χ1v) is 12.6. The smallest absolute Gasteiger partial charge is 0.178 e. The van der Waals surface area contributed by atoms with Crippen molar-refractivity contribution in [1.82, 2.24) is 45.5 Å². The number of H-pyrrole nitrogens is 2. The molecule has 2 fully saturated rings. The third-order valence-corrected chi connectivity index (χ3v) is 7.17. The largest absolute Gasteiger partial charge is 0.341 e. The van der Waals surface area contributed by atoms with Crippen molar-refractivity contribution in [3.8, 4) is 34.0 Å². The molecule has 9 nitrogen and oxygen atoms in total. The minimum absolute atomic E-state index is 0.317. The first-order valence-electron chi connectivity index (χ1n) is 12.6. The van der Waals surface area contributed by atoms with Crippen LogP contribution in [0.1, 0.15) is 49.4 Å². The van der Waals surface area contributed by atoms with Crippen LogP contribution in [0.2, 0.25) is 0 Å². The van der Waals surface area contributed by atoms with Crippen molar-refractivity contribution in [2.24, 2.45) is 0 Å². The lowest BCUT2D eigenvalue weighted by Gasteiger charge is -2.06. The van der Waals surface area contributed by atoms with Gasteiger partial charge in [-0.05, 0) is 63.0 Å². The molecule has 2 saturated heterocycles. The number of aromatic amines is 2. The molecule has 0 radical (unpaired) electrons. The number of pyridine rings is 1. The number of aromatic nitrogens is 7. The Kier molecular flexibility index (Phi) is 5.29. The van der Waals surface area contributed by atoms with E-state index in [2.05, 4.69) is 52.7 Å². The van der Waals surface area contributed by atoms with Crippen molar-refractivity contribution in [3.63, 3.8) is 0 Å². The molecule has 2 atom stereocenters. The number of nitrogens with zero attached hydrogens (tertiary/aromatic N) is 5. The van der Waals surface area contributed by atoms with Gasteiger partial charge in [-0.25, -0.2) is 19.9 Å². The van der Waals surface area contributed by atoms with Crippen LogP contribution in [-0.4, -0.2) is 48.0 Å². The molecule has 4 aromatic heterocycles. The van der Waals surface area contributed by atoms with E-state index < -0.39 is 0 Å². The Morgan fingerprint density at radius 1 is 0.667 bits per heavy atom. The van der Waals surface area contributed by atoms with E-state index in [0.717, 1.165) is 76.7 Å². The quantitative estimate of drug-likeness (QED) is 0.297. The SMILES string of the molecule is c1cc(-c2ncc3cc(-c4cnc(C5CCCN5)[nH]4)ccc3n2)ncc1-c1cnc(C2CCCN2)[nH]1. The summed E-state index contributed by atoms with van der Waals surface area (Å²) in [6, 6.07) is 10.8. The Morgan fingerprint density at radius 2 is 1.36 bits per heavy atom. The van der Waals surface area contributed by atoms with E-state index in [1.54, 1.807) is 0 Å². The normalized spacial score (nSPS) is 19.9. The average Bonchev–Trinajstić information content (AvgIpc) is 3.75. The maximum Gasteiger partial charge on any atom is 0.178 e. The van der Waals surface area contributed by atoms with Gasteiger partial charge in [-0.3, -0.25) is 4.98 Å². The second-order valence-electron chi connectivity index (χ2n) is 9.56. The number of benzene rings is 1. The van der Waals surface area contributed by atoms with Gasteiger partial charge in [0.25, 0.3) is 0 Å². The molecule has 4 N–H and O–H groups in total. The zero-order valence-electron chi connectivity index (χ0n) is 19.8. The van der Waals surface area contributed by atoms with Gasteiger partial charge in [-0.1, -0.05) is 6.07 Å². The fourth-order valence-corrected chi connectivity index (χ4v) is 5.17. The predicted octanol–water partition coefficient (Wildman–Crippen LogP) is 4.32. The molecule has 2 aliphatic heterocycles. The van der Waals surface area contributed by atoms with Crippen molar-refractivity contribution in [3.05, 3.63) is 66.8 Å². The first kappa shape index (κ1) is 21.3. The van der Waals surface area contributed by atoms with E-state index >= 15 is 0 Å². The van der Waals surface area contributed by atoms with Crippen LogP contribution in [0.25, 0.3) is 44.9 Å². The number of hydrogen-bond donors (Lipinski definition) is 4. The maximum absolute atomic E-state index is 4.77. The van der Waals surface area contributed by atoms with Crippen molar-refractivity contribution in [2.45, 2.75) is 37.8 Å². The van der Waals surface area contributed by atoms with Crippen LogP contribution in [0.3, 0.4) is 0 Å². The van der Waals surface area contributed by atoms with Gasteiger partial charge in [-0.15, -0.1) is 0 Å². The average molecular weight is 478 g/mol. The van der Waals surface area contributed by atoms with Crippen LogP contribution < -0.4 is 10.6 Å². The molecule has 6 heterocycles. The molecule has 0 saturated carbocycles. The Bertz CT molecular complexity index is 1510. The summed E-state index contributed by atoms with van der Waals surface area (Å²) in [5.41, 5.74) is 5.67. The molecule has 5 aromatic rings.